The zero-order chi connectivity index (χ0) is 7.98. The Morgan fingerprint density at radius 3 is 2.30 bits per heavy atom. The van der Waals surface area contributed by atoms with E-state index in [1.165, 1.54) is 7.11 Å². The van der Waals surface area contributed by atoms with Gasteiger partial charge in [-0.25, -0.2) is 0 Å². The van der Waals surface area contributed by atoms with Gasteiger partial charge in [0.2, 0.25) is 5.87 Å². The number of carbonyl (C=O) groups excluding carboxylic acids is 2. The molecule has 10 heavy (non-hydrogen) atoms. The zero-order valence-corrected chi connectivity index (χ0v) is 6.05. The summed E-state index contributed by atoms with van der Waals surface area (Å²) in [4.78, 5) is 20.9. The molecule has 0 N–H and O–H groups in total. The molecule has 0 fully saturated rings. The van der Waals surface area contributed by atoms with Gasteiger partial charge in [-0.3, -0.25) is 9.59 Å². The Bertz CT molecular complexity index is 135. The normalized spacial score (nSPS) is 7.80. The Labute approximate surface area is 60.4 Å². The fourth-order valence-electron chi connectivity index (χ4n) is 0.402. The van der Waals surface area contributed by atoms with Crippen LogP contribution in [0.4, 0.5) is 9.59 Å². The minimum absolute atomic E-state index is 0.288. The van der Waals surface area contributed by atoms with Gasteiger partial charge in [-0.1, -0.05) is 6.82 Å². The zero-order valence-electron chi connectivity index (χ0n) is 6.05. The van der Waals surface area contributed by atoms with E-state index in [2.05, 4.69) is 9.39 Å². The Hall–Kier alpha value is -0.930. The molecule has 0 aromatic rings. The van der Waals surface area contributed by atoms with Crippen LogP contribution < -0.4 is 0 Å². The molecule has 0 aliphatic carbocycles. The number of carbonyl (C=O) groups is 2. The van der Waals surface area contributed by atoms with Crippen LogP contribution in [0.3, 0.4) is 0 Å². The SMILES string of the molecule is CBOC(=O)BC(=O)OC. The number of ether oxygens (including phenoxy) is 1. The van der Waals surface area contributed by atoms with Crippen molar-refractivity contribution in [2.45, 2.75) is 6.82 Å². The van der Waals surface area contributed by atoms with Gasteiger partial charge in [0.15, 0.2) is 0 Å². The van der Waals surface area contributed by atoms with E-state index in [9.17, 15) is 9.59 Å². The summed E-state index contributed by atoms with van der Waals surface area (Å²) >= 11 is 0. The summed E-state index contributed by atoms with van der Waals surface area (Å²) in [5.74, 6) is -1.12. The van der Waals surface area contributed by atoms with Crippen LogP contribution in [0.1, 0.15) is 0 Å². The Kier molecular flexibility index (Phi) is 4.45. The molecular formula is C4H8B2O4. The second-order valence-electron chi connectivity index (χ2n) is 1.56. The lowest BCUT2D eigenvalue weighted by Gasteiger charge is -1.97. The van der Waals surface area contributed by atoms with Crippen LogP contribution in [0, 0.1) is 0 Å². The summed E-state index contributed by atoms with van der Waals surface area (Å²) in [6.45, 7) is 1.68. The largest absolute Gasteiger partial charge is 0.548 e. The molecule has 54 valence electrons. The lowest BCUT2D eigenvalue weighted by molar-refractivity contribution is 0.196. The molecule has 0 amide bonds. The Balaban J connectivity index is 3.47. The maximum absolute atomic E-state index is 10.5. The quantitative estimate of drug-likeness (QED) is 0.508. The van der Waals surface area contributed by atoms with Crippen molar-refractivity contribution in [2.75, 3.05) is 7.11 Å². The summed E-state index contributed by atoms with van der Waals surface area (Å²) in [5, 5.41) is 0. The standard InChI is InChI=1S/C4H8B2O4/c1-5-10-4(8)6-3(7)9-2/h5-6H,1-2H3. The molecule has 4 nitrogen and oxygen atoms in total. The molecule has 0 unspecified atom stereocenters. The molecule has 0 heterocycles. The predicted octanol–water partition coefficient (Wildman–Crippen LogP) is -0.275. The fourth-order valence-corrected chi connectivity index (χ4v) is 0.402. The van der Waals surface area contributed by atoms with Crippen molar-refractivity contribution in [3.63, 3.8) is 0 Å². The van der Waals surface area contributed by atoms with E-state index in [0.29, 0.717) is 0 Å². The molecule has 6 heteroatoms. The summed E-state index contributed by atoms with van der Waals surface area (Å²) in [5.41, 5.74) is 0. The van der Waals surface area contributed by atoms with Gasteiger partial charge < -0.3 is 9.39 Å². The van der Waals surface area contributed by atoms with E-state index in [0.717, 1.165) is 0 Å². The lowest BCUT2D eigenvalue weighted by Crippen LogP contribution is -2.21. The summed E-state index contributed by atoms with van der Waals surface area (Å²) in [6, 6.07) is 0. The number of methoxy groups -OCH3 is 1. The summed E-state index contributed by atoms with van der Waals surface area (Å²) in [6.07, 6.45) is 0. The average molecular weight is 142 g/mol. The number of hydrogen-bond acceptors (Lipinski definition) is 4. The first-order chi connectivity index (χ1) is 4.70. The van der Waals surface area contributed by atoms with Crippen molar-refractivity contribution in [3.05, 3.63) is 0 Å². The molecule has 0 spiro atoms. The minimum atomic E-state index is -0.571. The lowest BCUT2D eigenvalue weighted by atomic mass is 9.79. The summed E-state index contributed by atoms with van der Waals surface area (Å²) < 4.78 is 8.70. The number of hydrogen-bond donors (Lipinski definition) is 0. The van der Waals surface area contributed by atoms with Crippen molar-refractivity contribution in [3.8, 4) is 0 Å². The van der Waals surface area contributed by atoms with Gasteiger partial charge in [-0.15, -0.1) is 0 Å². The third-order valence-corrected chi connectivity index (χ3v) is 0.822. The van der Waals surface area contributed by atoms with Crippen molar-refractivity contribution in [2.24, 2.45) is 0 Å². The van der Waals surface area contributed by atoms with Crippen LogP contribution >= 0.6 is 0 Å². The van der Waals surface area contributed by atoms with Gasteiger partial charge in [0, 0.05) is 0 Å². The van der Waals surface area contributed by atoms with Gasteiger partial charge in [0.25, 0.3) is 5.87 Å². The van der Waals surface area contributed by atoms with Crippen molar-refractivity contribution >= 4 is 26.5 Å². The molecule has 0 aliphatic rings. The second kappa shape index (κ2) is 4.90. The van der Waals surface area contributed by atoms with E-state index in [4.69, 9.17) is 0 Å². The van der Waals surface area contributed by atoms with Crippen LogP contribution in [0.2, 0.25) is 6.82 Å². The Morgan fingerprint density at radius 2 is 1.90 bits per heavy atom. The first-order valence-electron chi connectivity index (χ1n) is 2.93. The van der Waals surface area contributed by atoms with Crippen LogP contribution in [0.5, 0.6) is 0 Å². The van der Waals surface area contributed by atoms with Gasteiger partial charge in [-0.05, 0) is 0 Å². The van der Waals surface area contributed by atoms with Crippen LogP contribution in [0.15, 0.2) is 0 Å². The monoisotopic (exact) mass is 142 g/mol. The molecule has 0 aromatic heterocycles. The molecule has 0 atom stereocenters. The number of rotatable bonds is 3. The maximum Gasteiger partial charge on any atom is 0.390 e. The highest BCUT2D eigenvalue weighted by Crippen LogP contribution is 1.80. The molecule has 0 radical (unpaired) electrons. The van der Waals surface area contributed by atoms with E-state index >= 15 is 0 Å². The predicted molar refractivity (Wildman–Crippen MR) is 39.0 cm³/mol. The smallest absolute Gasteiger partial charge is 0.390 e. The van der Waals surface area contributed by atoms with Crippen LogP contribution in [0.25, 0.3) is 0 Å². The van der Waals surface area contributed by atoms with Crippen LogP contribution in [-0.4, -0.2) is 33.6 Å². The second-order valence-corrected chi connectivity index (χ2v) is 1.56. The fraction of sp³-hybridized carbons (Fsp3) is 0.500. The van der Waals surface area contributed by atoms with Gasteiger partial charge >= 0.3 is 14.8 Å². The van der Waals surface area contributed by atoms with Crippen molar-refractivity contribution < 1.29 is 19.0 Å². The van der Waals surface area contributed by atoms with E-state index < -0.39 is 11.7 Å². The molecule has 0 rings (SSSR count). The minimum Gasteiger partial charge on any atom is -0.548 e. The summed E-state index contributed by atoms with van der Waals surface area (Å²) in [7, 11) is 1.21. The third kappa shape index (κ3) is 4.00. The highest BCUT2D eigenvalue weighted by molar-refractivity contribution is 6.95. The van der Waals surface area contributed by atoms with E-state index in [-0.39, 0.29) is 14.8 Å². The highest BCUT2D eigenvalue weighted by Gasteiger charge is 2.12. The first kappa shape index (κ1) is 9.07. The molecule has 0 saturated heterocycles. The van der Waals surface area contributed by atoms with Gasteiger partial charge in [0.1, 0.15) is 0 Å². The van der Waals surface area contributed by atoms with Gasteiger partial charge in [-0.2, -0.15) is 0 Å². The molecule has 0 saturated carbocycles. The van der Waals surface area contributed by atoms with Gasteiger partial charge in [0.05, 0.1) is 7.11 Å². The molecule has 0 aliphatic heterocycles. The molecule has 0 aromatic carbocycles. The first-order valence-corrected chi connectivity index (χ1v) is 2.93. The maximum atomic E-state index is 10.5. The third-order valence-electron chi connectivity index (χ3n) is 0.822. The van der Waals surface area contributed by atoms with E-state index in [1.54, 1.807) is 6.82 Å². The highest BCUT2D eigenvalue weighted by atomic mass is 16.5. The Morgan fingerprint density at radius 1 is 1.30 bits per heavy atom. The van der Waals surface area contributed by atoms with E-state index in [1.807, 2.05) is 0 Å². The van der Waals surface area contributed by atoms with Crippen molar-refractivity contribution in [1.82, 2.24) is 0 Å². The average Bonchev–Trinajstić information content (AvgIpc) is 1.88. The van der Waals surface area contributed by atoms with Crippen LogP contribution in [-0.2, 0) is 9.39 Å². The molecular weight excluding hydrogens is 134 g/mol. The van der Waals surface area contributed by atoms with Crippen molar-refractivity contribution in [1.29, 1.82) is 0 Å². The molecule has 0 bridgehead atoms. The topological polar surface area (TPSA) is 52.6 Å².